The van der Waals surface area contributed by atoms with E-state index in [0.717, 1.165) is 29.8 Å². The van der Waals surface area contributed by atoms with Crippen molar-refractivity contribution in [3.05, 3.63) is 42.3 Å². The fourth-order valence-electron chi connectivity index (χ4n) is 3.57. The number of para-hydroxylation sites is 2. The number of nitrogens with one attached hydrogen (secondary N) is 1. The quantitative estimate of drug-likeness (QED) is 0.736. The van der Waals surface area contributed by atoms with Crippen molar-refractivity contribution in [1.82, 2.24) is 25.0 Å². The number of nitrogens with zero attached hydrogens (tertiary/aromatic N) is 4. The number of carbonyl (C=O) groups is 1. The summed E-state index contributed by atoms with van der Waals surface area (Å²) in [5.41, 5.74) is 1.84. The van der Waals surface area contributed by atoms with E-state index in [9.17, 15) is 4.79 Å². The largest absolute Gasteiger partial charge is 0.354 e. The van der Waals surface area contributed by atoms with Gasteiger partial charge in [0.1, 0.15) is 6.04 Å². The average molecular weight is 353 g/mol. The molecule has 1 amide bonds. The minimum atomic E-state index is -0.332. The summed E-state index contributed by atoms with van der Waals surface area (Å²) in [5, 5.41) is 6.99. The van der Waals surface area contributed by atoms with Crippen LogP contribution in [-0.2, 0) is 11.2 Å². The highest BCUT2D eigenvalue weighted by Gasteiger charge is 2.23. The standard InChI is InChI=1S/C19H23N5O2/c1-13(24-12-21-15-8-4-5-9-16(15)24)18(25)20-11-10-17-22-19(26-23-17)14-6-2-3-7-14/h4-5,8-9,12-14H,2-3,6-7,10-11H2,1H3,(H,20,25)/t13-/m0/s1. The Hall–Kier alpha value is -2.70. The maximum absolute atomic E-state index is 12.5. The van der Waals surface area contributed by atoms with Gasteiger partial charge in [0.15, 0.2) is 5.82 Å². The molecule has 1 aromatic carbocycles. The number of carbonyl (C=O) groups excluding carboxylic acids is 1. The molecule has 2 aromatic heterocycles. The van der Waals surface area contributed by atoms with Gasteiger partial charge in [0.2, 0.25) is 11.8 Å². The molecule has 0 saturated heterocycles. The summed E-state index contributed by atoms with van der Waals surface area (Å²) in [6, 6.07) is 7.46. The Morgan fingerprint density at radius 1 is 1.35 bits per heavy atom. The molecule has 0 bridgehead atoms. The van der Waals surface area contributed by atoms with Crippen LogP contribution in [0.15, 0.2) is 35.1 Å². The molecular formula is C19H23N5O2. The fraction of sp³-hybridized carbons (Fsp3) is 0.474. The van der Waals surface area contributed by atoms with E-state index in [4.69, 9.17) is 4.52 Å². The van der Waals surface area contributed by atoms with Crippen molar-refractivity contribution < 1.29 is 9.32 Å². The van der Waals surface area contributed by atoms with Crippen molar-refractivity contribution in [1.29, 1.82) is 0 Å². The van der Waals surface area contributed by atoms with Crippen molar-refractivity contribution in [2.75, 3.05) is 6.54 Å². The third-order valence-corrected chi connectivity index (χ3v) is 5.11. The Morgan fingerprint density at radius 2 is 2.15 bits per heavy atom. The normalized spacial score (nSPS) is 16.2. The number of hydrogen-bond donors (Lipinski definition) is 1. The number of benzene rings is 1. The minimum absolute atomic E-state index is 0.0485. The molecule has 7 nitrogen and oxygen atoms in total. The summed E-state index contributed by atoms with van der Waals surface area (Å²) in [7, 11) is 0. The van der Waals surface area contributed by atoms with Crippen LogP contribution in [0.25, 0.3) is 11.0 Å². The van der Waals surface area contributed by atoms with Crippen LogP contribution < -0.4 is 5.32 Å². The highest BCUT2D eigenvalue weighted by Crippen LogP contribution is 2.32. The lowest BCUT2D eigenvalue weighted by atomic mass is 10.1. The Balaban J connectivity index is 1.32. The zero-order valence-corrected chi connectivity index (χ0v) is 14.9. The van der Waals surface area contributed by atoms with Crippen LogP contribution in [0, 0.1) is 0 Å². The number of amides is 1. The number of hydrogen-bond acceptors (Lipinski definition) is 5. The monoisotopic (exact) mass is 353 g/mol. The zero-order chi connectivity index (χ0) is 17.9. The average Bonchev–Trinajstić information content (AvgIpc) is 3.40. The lowest BCUT2D eigenvalue weighted by Gasteiger charge is -2.14. The molecule has 1 aliphatic rings. The van der Waals surface area contributed by atoms with E-state index in [-0.39, 0.29) is 11.9 Å². The summed E-state index contributed by atoms with van der Waals surface area (Å²) in [6.45, 7) is 2.36. The highest BCUT2D eigenvalue weighted by molar-refractivity contribution is 5.83. The Labute approximate surface area is 151 Å². The second-order valence-electron chi connectivity index (χ2n) is 6.89. The number of aromatic nitrogens is 4. The van der Waals surface area contributed by atoms with Gasteiger partial charge in [0.25, 0.3) is 0 Å². The molecule has 136 valence electrons. The van der Waals surface area contributed by atoms with Crippen molar-refractivity contribution in [3.63, 3.8) is 0 Å². The number of rotatable bonds is 6. The maximum atomic E-state index is 12.5. The van der Waals surface area contributed by atoms with Crippen molar-refractivity contribution in [2.24, 2.45) is 0 Å². The molecule has 1 saturated carbocycles. The Morgan fingerprint density at radius 3 is 3.00 bits per heavy atom. The minimum Gasteiger partial charge on any atom is -0.354 e. The van der Waals surface area contributed by atoms with E-state index >= 15 is 0 Å². The van der Waals surface area contributed by atoms with E-state index in [1.807, 2.05) is 35.8 Å². The van der Waals surface area contributed by atoms with Gasteiger partial charge in [-0.3, -0.25) is 4.79 Å². The molecule has 2 heterocycles. The van der Waals surface area contributed by atoms with Crippen LogP contribution in [0.5, 0.6) is 0 Å². The molecule has 7 heteroatoms. The first-order chi connectivity index (χ1) is 12.7. The second-order valence-corrected chi connectivity index (χ2v) is 6.89. The molecule has 0 aliphatic heterocycles. The van der Waals surface area contributed by atoms with Gasteiger partial charge in [-0.05, 0) is 31.9 Å². The molecular weight excluding hydrogens is 330 g/mol. The lowest BCUT2D eigenvalue weighted by molar-refractivity contribution is -0.123. The van der Waals surface area contributed by atoms with E-state index in [1.54, 1.807) is 6.33 Å². The van der Waals surface area contributed by atoms with Gasteiger partial charge in [0.05, 0.1) is 17.4 Å². The molecule has 0 radical (unpaired) electrons. The predicted molar refractivity (Wildman–Crippen MR) is 96.7 cm³/mol. The smallest absolute Gasteiger partial charge is 0.242 e. The molecule has 0 spiro atoms. The SMILES string of the molecule is C[C@@H](C(=O)NCCc1noc(C2CCCC2)n1)n1cnc2ccccc21. The molecule has 1 atom stereocenters. The zero-order valence-electron chi connectivity index (χ0n) is 14.9. The molecule has 1 N–H and O–H groups in total. The topological polar surface area (TPSA) is 85.8 Å². The van der Waals surface area contributed by atoms with Gasteiger partial charge < -0.3 is 14.4 Å². The van der Waals surface area contributed by atoms with E-state index in [1.165, 1.54) is 12.8 Å². The first-order valence-electron chi connectivity index (χ1n) is 9.24. The number of fused-ring (bicyclic) bond motifs is 1. The first-order valence-corrected chi connectivity index (χ1v) is 9.24. The first kappa shape index (κ1) is 16.8. The van der Waals surface area contributed by atoms with Gasteiger partial charge in [-0.1, -0.05) is 30.1 Å². The summed E-state index contributed by atoms with van der Waals surface area (Å²) >= 11 is 0. The van der Waals surface area contributed by atoms with Gasteiger partial charge >= 0.3 is 0 Å². The summed E-state index contributed by atoms with van der Waals surface area (Å²) in [4.78, 5) is 21.3. The molecule has 1 aliphatic carbocycles. The molecule has 3 aromatic rings. The van der Waals surface area contributed by atoms with Crippen molar-refractivity contribution >= 4 is 16.9 Å². The Kier molecular flexibility index (Phi) is 4.69. The maximum Gasteiger partial charge on any atom is 0.242 e. The highest BCUT2D eigenvalue weighted by atomic mass is 16.5. The molecule has 0 unspecified atom stereocenters. The summed E-state index contributed by atoms with van der Waals surface area (Å²) in [5.74, 6) is 1.78. The number of imidazole rings is 1. The van der Waals surface area contributed by atoms with Crippen molar-refractivity contribution in [2.45, 2.75) is 51.0 Å². The van der Waals surface area contributed by atoms with Gasteiger partial charge in [0, 0.05) is 18.9 Å². The second kappa shape index (κ2) is 7.27. The fourth-order valence-corrected chi connectivity index (χ4v) is 3.57. The van der Waals surface area contributed by atoms with Crippen LogP contribution in [-0.4, -0.2) is 32.1 Å². The van der Waals surface area contributed by atoms with Gasteiger partial charge in [-0.15, -0.1) is 0 Å². The van der Waals surface area contributed by atoms with Crippen LogP contribution in [0.3, 0.4) is 0 Å². The van der Waals surface area contributed by atoms with E-state index in [0.29, 0.717) is 24.7 Å². The van der Waals surface area contributed by atoms with Crippen LogP contribution in [0.4, 0.5) is 0 Å². The summed E-state index contributed by atoms with van der Waals surface area (Å²) < 4.78 is 7.26. The molecule has 26 heavy (non-hydrogen) atoms. The van der Waals surface area contributed by atoms with E-state index < -0.39 is 0 Å². The van der Waals surface area contributed by atoms with Crippen molar-refractivity contribution in [3.8, 4) is 0 Å². The van der Waals surface area contributed by atoms with Gasteiger partial charge in [-0.25, -0.2) is 4.98 Å². The molecule has 4 rings (SSSR count). The van der Waals surface area contributed by atoms with E-state index in [2.05, 4.69) is 20.4 Å². The third-order valence-electron chi connectivity index (χ3n) is 5.11. The summed E-state index contributed by atoms with van der Waals surface area (Å²) in [6.07, 6.45) is 7.02. The van der Waals surface area contributed by atoms with Crippen LogP contribution >= 0.6 is 0 Å². The third kappa shape index (κ3) is 3.34. The molecule has 1 fully saturated rings. The lowest BCUT2D eigenvalue weighted by Crippen LogP contribution is -2.32. The van der Waals surface area contributed by atoms with Gasteiger partial charge in [-0.2, -0.15) is 4.98 Å². The van der Waals surface area contributed by atoms with Crippen LogP contribution in [0.2, 0.25) is 0 Å². The predicted octanol–water partition coefficient (Wildman–Crippen LogP) is 3.00. The van der Waals surface area contributed by atoms with Crippen LogP contribution in [0.1, 0.15) is 56.3 Å². The Bertz CT molecular complexity index is 894.